The second-order valence-electron chi connectivity index (χ2n) is 11.5. The molecular weight excluding hydrogens is 543 g/mol. The molecular formula is C33H36F3N3O3. The number of carbonyl (C=O) groups excluding carboxylic acids is 1. The number of nitrogens with zero attached hydrogens (tertiary/aromatic N) is 2. The van der Waals surface area contributed by atoms with Crippen molar-refractivity contribution in [1.82, 2.24) is 15.1 Å². The highest BCUT2D eigenvalue weighted by Gasteiger charge is 2.43. The molecule has 9 heteroatoms. The average Bonchev–Trinajstić information content (AvgIpc) is 3.63. The van der Waals surface area contributed by atoms with Crippen molar-refractivity contribution >= 4 is 5.91 Å². The van der Waals surface area contributed by atoms with Gasteiger partial charge in [-0.05, 0) is 77.8 Å². The first-order valence-electron chi connectivity index (χ1n) is 14.5. The molecule has 6 rings (SSSR count). The topological polar surface area (TPSA) is 54.0 Å². The Hall–Kier alpha value is -3.56. The van der Waals surface area contributed by atoms with Crippen LogP contribution in [0, 0.1) is 0 Å². The minimum Gasteiger partial charge on any atom is -0.493 e. The summed E-state index contributed by atoms with van der Waals surface area (Å²) >= 11 is 0. The number of hydrogen-bond donors (Lipinski definition) is 1. The van der Waals surface area contributed by atoms with Gasteiger partial charge in [0, 0.05) is 38.3 Å². The van der Waals surface area contributed by atoms with Gasteiger partial charge in [0.2, 0.25) is 5.91 Å². The molecule has 6 nitrogen and oxygen atoms in total. The van der Waals surface area contributed by atoms with E-state index in [2.05, 4.69) is 34.5 Å². The SMILES string of the molecule is COc1cc2c(cc1OC)CN(C(=O)[C@@H]1C[C@H](NCc3ccc(C(F)(F)F)cc3)CN1C1Cc3ccccc3C1)CC2. The number of ether oxygens (including phenoxy) is 2. The van der Waals surface area contributed by atoms with Crippen molar-refractivity contribution in [3.63, 3.8) is 0 Å². The van der Waals surface area contributed by atoms with E-state index in [-0.39, 0.29) is 24.0 Å². The zero-order valence-electron chi connectivity index (χ0n) is 23.9. The Morgan fingerprint density at radius 2 is 1.57 bits per heavy atom. The Kier molecular flexibility index (Phi) is 7.89. The van der Waals surface area contributed by atoms with Gasteiger partial charge in [-0.3, -0.25) is 9.69 Å². The number of fused-ring (bicyclic) bond motifs is 2. The number of likely N-dealkylation sites (tertiary alicyclic amines) is 1. The molecule has 222 valence electrons. The van der Waals surface area contributed by atoms with Gasteiger partial charge in [0.1, 0.15) is 0 Å². The highest BCUT2D eigenvalue weighted by atomic mass is 19.4. The van der Waals surface area contributed by atoms with E-state index in [9.17, 15) is 18.0 Å². The molecule has 0 unspecified atom stereocenters. The fraction of sp³-hybridized carbons (Fsp3) is 0.424. The third-order valence-electron chi connectivity index (χ3n) is 9.03. The van der Waals surface area contributed by atoms with Crippen molar-refractivity contribution in [2.24, 2.45) is 0 Å². The van der Waals surface area contributed by atoms with Crippen molar-refractivity contribution < 1.29 is 27.4 Å². The lowest BCUT2D eigenvalue weighted by Gasteiger charge is -2.36. The van der Waals surface area contributed by atoms with Crippen LogP contribution in [0.4, 0.5) is 13.2 Å². The maximum absolute atomic E-state index is 14.2. The van der Waals surface area contributed by atoms with E-state index in [1.54, 1.807) is 14.2 Å². The second kappa shape index (κ2) is 11.6. The number of halogens is 3. The molecule has 3 aliphatic rings. The molecule has 2 aliphatic heterocycles. The molecule has 42 heavy (non-hydrogen) atoms. The summed E-state index contributed by atoms with van der Waals surface area (Å²) in [6.45, 7) is 2.32. The zero-order valence-corrected chi connectivity index (χ0v) is 23.9. The number of rotatable bonds is 7. The molecule has 0 saturated carbocycles. The molecule has 1 saturated heterocycles. The molecule has 2 heterocycles. The van der Waals surface area contributed by atoms with Crippen molar-refractivity contribution in [3.8, 4) is 11.5 Å². The van der Waals surface area contributed by atoms with Gasteiger partial charge in [0.15, 0.2) is 11.5 Å². The maximum atomic E-state index is 14.2. The number of carbonyl (C=O) groups is 1. The van der Waals surface area contributed by atoms with Gasteiger partial charge < -0.3 is 19.7 Å². The summed E-state index contributed by atoms with van der Waals surface area (Å²) < 4.78 is 50.0. The largest absolute Gasteiger partial charge is 0.493 e. The van der Waals surface area contributed by atoms with Crippen LogP contribution in [-0.4, -0.2) is 61.1 Å². The van der Waals surface area contributed by atoms with Crippen LogP contribution in [0.1, 0.15) is 39.8 Å². The predicted molar refractivity (Wildman–Crippen MR) is 153 cm³/mol. The van der Waals surface area contributed by atoms with E-state index in [0.29, 0.717) is 44.1 Å². The van der Waals surface area contributed by atoms with Crippen molar-refractivity contribution in [1.29, 1.82) is 0 Å². The van der Waals surface area contributed by atoms with E-state index >= 15 is 0 Å². The lowest BCUT2D eigenvalue weighted by atomic mass is 9.97. The van der Waals surface area contributed by atoms with Crippen LogP contribution in [0.25, 0.3) is 0 Å². The van der Waals surface area contributed by atoms with E-state index in [0.717, 1.165) is 42.5 Å². The van der Waals surface area contributed by atoms with E-state index in [1.165, 1.54) is 28.8 Å². The zero-order chi connectivity index (χ0) is 29.4. The number of amides is 1. The predicted octanol–water partition coefficient (Wildman–Crippen LogP) is 5.01. The van der Waals surface area contributed by atoms with Crippen molar-refractivity contribution in [3.05, 3.63) is 94.0 Å². The van der Waals surface area contributed by atoms with Crippen molar-refractivity contribution in [2.75, 3.05) is 27.3 Å². The fourth-order valence-corrected chi connectivity index (χ4v) is 6.78. The first-order chi connectivity index (χ1) is 20.2. The van der Waals surface area contributed by atoms with E-state index < -0.39 is 11.7 Å². The number of benzene rings is 3. The summed E-state index contributed by atoms with van der Waals surface area (Å²) in [5.74, 6) is 1.48. The molecule has 0 radical (unpaired) electrons. The van der Waals surface area contributed by atoms with Gasteiger partial charge in [0.25, 0.3) is 0 Å². The summed E-state index contributed by atoms with van der Waals surface area (Å²) in [7, 11) is 3.24. The standard InChI is InChI=1S/C33H36F3N3O3/c1-41-30-15-24-11-12-38(19-25(24)16-31(30)42-2)32(40)29-17-27(37-18-21-7-9-26(10-8-21)33(34,35)36)20-39(29)28-13-22-5-3-4-6-23(22)14-28/h3-10,15-16,27-29,37H,11-14,17-20H2,1-2H3/t27-,29-/m0/s1. The third kappa shape index (κ3) is 5.72. The quantitative estimate of drug-likeness (QED) is 0.427. The Morgan fingerprint density at radius 3 is 2.19 bits per heavy atom. The van der Waals surface area contributed by atoms with Crippen LogP contribution in [0.5, 0.6) is 11.5 Å². The number of hydrogen-bond acceptors (Lipinski definition) is 5. The molecule has 2 atom stereocenters. The highest BCUT2D eigenvalue weighted by molar-refractivity contribution is 5.83. The molecule has 1 N–H and O–H groups in total. The van der Waals surface area contributed by atoms with Crippen molar-refractivity contribution in [2.45, 2.75) is 63.1 Å². The van der Waals surface area contributed by atoms with Crippen LogP contribution in [0.15, 0.2) is 60.7 Å². The Morgan fingerprint density at radius 1 is 0.929 bits per heavy atom. The third-order valence-corrected chi connectivity index (χ3v) is 9.03. The summed E-state index contributed by atoms with van der Waals surface area (Å²) in [5.41, 5.74) is 5.05. The molecule has 0 aromatic heterocycles. The normalized spacial score (nSPS) is 20.8. The molecule has 1 aliphatic carbocycles. The molecule has 1 amide bonds. The monoisotopic (exact) mass is 579 g/mol. The van der Waals surface area contributed by atoms with Gasteiger partial charge >= 0.3 is 6.18 Å². The molecule has 1 fully saturated rings. The van der Waals surface area contributed by atoms with Crippen LogP contribution < -0.4 is 14.8 Å². The van der Waals surface area contributed by atoms with Gasteiger partial charge in [-0.25, -0.2) is 0 Å². The smallest absolute Gasteiger partial charge is 0.416 e. The van der Waals surface area contributed by atoms with Crippen LogP contribution in [-0.2, 0) is 43.3 Å². The number of nitrogens with one attached hydrogen (secondary N) is 1. The number of methoxy groups -OCH3 is 2. The second-order valence-corrected chi connectivity index (χ2v) is 11.5. The van der Waals surface area contributed by atoms with Gasteiger partial charge in [-0.1, -0.05) is 36.4 Å². The molecule has 0 spiro atoms. The summed E-state index contributed by atoms with van der Waals surface area (Å²) in [4.78, 5) is 18.5. The van der Waals surface area contributed by atoms with Crippen LogP contribution in [0.2, 0.25) is 0 Å². The van der Waals surface area contributed by atoms with E-state index in [1.807, 2.05) is 17.0 Å². The minimum atomic E-state index is -4.35. The first-order valence-corrected chi connectivity index (χ1v) is 14.5. The minimum absolute atomic E-state index is 0.0476. The summed E-state index contributed by atoms with van der Waals surface area (Å²) in [5, 5.41) is 3.54. The van der Waals surface area contributed by atoms with Crippen LogP contribution in [0.3, 0.4) is 0 Å². The molecule has 3 aromatic rings. The summed E-state index contributed by atoms with van der Waals surface area (Å²) in [6, 6.07) is 17.8. The Balaban J connectivity index is 1.18. The highest BCUT2D eigenvalue weighted by Crippen LogP contribution is 2.36. The van der Waals surface area contributed by atoms with Gasteiger partial charge in [-0.15, -0.1) is 0 Å². The molecule has 0 bridgehead atoms. The van der Waals surface area contributed by atoms with Gasteiger partial charge in [-0.2, -0.15) is 13.2 Å². The van der Waals surface area contributed by atoms with E-state index in [4.69, 9.17) is 9.47 Å². The maximum Gasteiger partial charge on any atom is 0.416 e. The van der Waals surface area contributed by atoms with Gasteiger partial charge in [0.05, 0.1) is 25.8 Å². The lowest BCUT2D eigenvalue weighted by Crippen LogP contribution is -2.50. The first kappa shape index (κ1) is 28.6. The number of alkyl halides is 3. The van der Waals surface area contributed by atoms with Crippen LogP contribution >= 0.6 is 0 Å². The Bertz CT molecular complexity index is 1420. The average molecular weight is 580 g/mol. The summed E-state index contributed by atoms with van der Waals surface area (Å²) in [6.07, 6.45) is -1.13. The Labute approximate surface area is 244 Å². The molecule has 3 aromatic carbocycles. The fourth-order valence-electron chi connectivity index (χ4n) is 6.78. The lowest BCUT2D eigenvalue weighted by molar-refractivity contribution is -0.138.